The molecule has 1 saturated heterocycles. The van der Waals surface area contributed by atoms with Gasteiger partial charge in [0.1, 0.15) is 17.2 Å². The number of nitrogens with one attached hydrogen (secondary N) is 1. The van der Waals surface area contributed by atoms with Crippen LogP contribution in [0.15, 0.2) is 36.8 Å². The van der Waals surface area contributed by atoms with Gasteiger partial charge in [-0.3, -0.25) is 4.79 Å². The molecule has 2 fully saturated rings. The summed E-state index contributed by atoms with van der Waals surface area (Å²) in [5.41, 5.74) is 1.24. The lowest BCUT2D eigenvalue weighted by molar-refractivity contribution is 0.0929. The minimum Gasteiger partial charge on any atom is -0.481 e. The number of aromatic nitrogens is 4. The van der Waals surface area contributed by atoms with Crippen LogP contribution in [-0.4, -0.2) is 51.7 Å². The smallest absolute Gasteiger partial charge is 0.256 e. The number of amides is 1. The maximum Gasteiger partial charge on any atom is 0.256 e. The van der Waals surface area contributed by atoms with Gasteiger partial charge in [0.2, 0.25) is 5.88 Å². The van der Waals surface area contributed by atoms with Gasteiger partial charge in [-0.2, -0.15) is 5.10 Å². The van der Waals surface area contributed by atoms with Crippen molar-refractivity contribution in [3.63, 3.8) is 0 Å². The molecule has 1 aliphatic carbocycles. The van der Waals surface area contributed by atoms with Crippen LogP contribution in [0.25, 0.3) is 5.65 Å². The van der Waals surface area contributed by atoms with Gasteiger partial charge < -0.3 is 15.0 Å². The van der Waals surface area contributed by atoms with Crippen molar-refractivity contribution in [3.8, 4) is 5.88 Å². The van der Waals surface area contributed by atoms with E-state index in [0.717, 1.165) is 37.9 Å². The van der Waals surface area contributed by atoms with Gasteiger partial charge in [-0.05, 0) is 37.8 Å². The van der Waals surface area contributed by atoms with E-state index in [1.165, 1.54) is 51.3 Å². The number of pyridine rings is 1. The van der Waals surface area contributed by atoms with Crippen LogP contribution in [0, 0.1) is 5.82 Å². The van der Waals surface area contributed by atoms with Crippen molar-refractivity contribution >= 4 is 17.4 Å². The molecular weight excluding hydrogens is 411 g/mol. The number of ether oxygens (including phenoxy) is 1. The van der Waals surface area contributed by atoms with Gasteiger partial charge in [0, 0.05) is 31.4 Å². The van der Waals surface area contributed by atoms with Gasteiger partial charge in [-0.1, -0.05) is 19.3 Å². The number of nitrogens with zero attached hydrogens (tertiary/aromatic N) is 5. The number of methoxy groups -OCH3 is 1. The van der Waals surface area contributed by atoms with Crippen LogP contribution in [0.2, 0.25) is 0 Å². The van der Waals surface area contributed by atoms with Crippen molar-refractivity contribution in [1.82, 2.24) is 24.9 Å². The zero-order valence-electron chi connectivity index (χ0n) is 18.3. The highest BCUT2D eigenvalue weighted by Gasteiger charge is 2.21. The largest absolute Gasteiger partial charge is 0.481 e. The second-order valence-electron chi connectivity index (χ2n) is 8.13. The third kappa shape index (κ3) is 5.33. The molecule has 5 rings (SSSR count). The summed E-state index contributed by atoms with van der Waals surface area (Å²) in [6.07, 6.45) is 12.9. The van der Waals surface area contributed by atoms with Crippen LogP contribution >= 0.6 is 0 Å². The summed E-state index contributed by atoms with van der Waals surface area (Å²) in [4.78, 5) is 23.2. The zero-order valence-corrected chi connectivity index (χ0v) is 18.3. The van der Waals surface area contributed by atoms with Gasteiger partial charge in [0.15, 0.2) is 5.65 Å². The molecule has 0 radical (unpaired) electrons. The fourth-order valence-electron chi connectivity index (χ4n) is 4.13. The molecule has 4 heterocycles. The van der Waals surface area contributed by atoms with E-state index in [2.05, 4.69) is 20.3 Å². The molecule has 0 aromatic carbocycles. The molecule has 1 amide bonds. The van der Waals surface area contributed by atoms with E-state index in [9.17, 15) is 9.18 Å². The molecule has 8 nitrogen and oxygen atoms in total. The number of halogens is 1. The van der Waals surface area contributed by atoms with Crippen LogP contribution in [0.5, 0.6) is 5.88 Å². The van der Waals surface area contributed by atoms with E-state index in [1.807, 2.05) is 12.3 Å². The summed E-state index contributed by atoms with van der Waals surface area (Å²) in [6.45, 7) is 2.09. The Labute approximate surface area is 186 Å². The Balaban J connectivity index is 0.000000230. The summed E-state index contributed by atoms with van der Waals surface area (Å²) in [6, 6.07) is 5.04. The number of carbonyl (C=O) groups excluding carboxylic acids is 1. The Morgan fingerprint density at radius 2 is 1.88 bits per heavy atom. The molecule has 1 aliphatic heterocycles. The molecule has 0 spiro atoms. The maximum atomic E-state index is 12.6. The summed E-state index contributed by atoms with van der Waals surface area (Å²) in [5.74, 6) is 0.979. The first-order chi connectivity index (χ1) is 15.6. The zero-order chi connectivity index (χ0) is 22.3. The molecule has 1 saturated carbocycles. The number of rotatable bonds is 4. The molecule has 32 heavy (non-hydrogen) atoms. The van der Waals surface area contributed by atoms with E-state index in [1.54, 1.807) is 10.7 Å². The molecule has 1 N–H and O–H groups in total. The summed E-state index contributed by atoms with van der Waals surface area (Å²) in [7, 11) is 1.49. The Morgan fingerprint density at radius 3 is 2.56 bits per heavy atom. The van der Waals surface area contributed by atoms with Gasteiger partial charge in [0.25, 0.3) is 5.91 Å². The summed E-state index contributed by atoms with van der Waals surface area (Å²) < 4.78 is 18.5. The highest BCUT2D eigenvalue weighted by Crippen LogP contribution is 2.21. The molecular formula is C23H29FN6O2. The first-order valence-electron chi connectivity index (χ1n) is 11.2. The fourth-order valence-corrected chi connectivity index (χ4v) is 4.13. The quantitative estimate of drug-likeness (QED) is 0.667. The molecule has 3 aromatic rings. The molecule has 170 valence electrons. The minimum atomic E-state index is -0.351. The van der Waals surface area contributed by atoms with Gasteiger partial charge >= 0.3 is 0 Å². The number of hydrogen-bond acceptors (Lipinski definition) is 6. The molecule has 0 bridgehead atoms. The third-order valence-corrected chi connectivity index (χ3v) is 5.88. The monoisotopic (exact) mass is 440 g/mol. The Hall–Kier alpha value is -3.23. The summed E-state index contributed by atoms with van der Waals surface area (Å²) >= 11 is 0. The lowest BCUT2D eigenvalue weighted by Gasteiger charge is -2.22. The SMILES string of the molecule is COc1ccc(F)cn1.O=C(NC1CCCCC1)c1cnn2ccc(N3CCCC3)nc12. The summed E-state index contributed by atoms with van der Waals surface area (Å²) in [5, 5.41) is 7.43. The maximum absolute atomic E-state index is 12.6. The Morgan fingerprint density at radius 1 is 1.09 bits per heavy atom. The first-order valence-corrected chi connectivity index (χ1v) is 11.2. The van der Waals surface area contributed by atoms with Crippen LogP contribution in [0.3, 0.4) is 0 Å². The van der Waals surface area contributed by atoms with Crippen LogP contribution in [0.1, 0.15) is 55.3 Å². The molecule has 0 atom stereocenters. The Kier molecular flexibility index (Phi) is 7.14. The number of fused-ring (bicyclic) bond motifs is 1. The second kappa shape index (κ2) is 10.4. The highest BCUT2D eigenvalue weighted by atomic mass is 19.1. The van der Waals surface area contributed by atoms with Crippen molar-refractivity contribution in [2.24, 2.45) is 0 Å². The highest BCUT2D eigenvalue weighted by molar-refractivity contribution is 5.99. The van der Waals surface area contributed by atoms with Gasteiger partial charge in [-0.15, -0.1) is 0 Å². The normalized spacial score (nSPS) is 16.5. The molecule has 0 unspecified atom stereocenters. The van der Waals surface area contributed by atoms with Crippen LogP contribution in [-0.2, 0) is 0 Å². The van der Waals surface area contributed by atoms with E-state index in [0.29, 0.717) is 23.1 Å². The standard InChI is InChI=1S/C17H23N5O.C6H6FNO/c23-17(19-13-6-2-1-3-7-13)14-12-18-22-11-8-15(20-16(14)22)21-9-4-5-10-21;1-9-6-3-2-5(7)4-8-6/h8,11-13H,1-7,9-10H2,(H,19,23);2-4H,1H3. The fraction of sp³-hybridized carbons (Fsp3) is 0.478. The van der Waals surface area contributed by atoms with Crippen molar-refractivity contribution in [3.05, 3.63) is 48.2 Å². The third-order valence-electron chi connectivity index (χ3n) is 5.88. The minimum absolute atomic E-state index is 0.0435. The van der Waals surface area contributed by atoms with Gasteiger partial charge in [-0.25, -0.2) is 18.9 Å². The van der Waals surface area contributed by atoms with E-state index in [-0.39, 0.29) is 11.7 Å². The van der Waals surface area contributed by atoms with Crippen molar-refractivity contribution in [1.29, 1.82) is 0 Å². The van der Waals surface area contributed by atoms with E-state index < -0.39 is 0 Å². The molecule has 2 aliphatic rings. The molecule has 3 aromatic heterocycles. The van der Waals surface area contributed by atoms with E-state index >= 15 is 0 Å². The van der Waals surface area contributed by atoms with E-state index in [4.69, 9.17) is 9.72 Å². The van der Waals surface area contributed by atoms with Crippen LogP contribution < -0.4 is 15.0 Å². The first kappa shape index (κ1) is 22.0. The molecule has 9 heteroatoms. The predicted octanol–water partition coefficient (Wildman–Crippen LogP) is 3.62. The number of carbonyl (C=O) groups is 1. The van der Waals surface area contributed by atoms with Crippen molar-refractivity contribution in [2.75, 3.05) is 25.1 Å². The van der Waals surface area contributed by atoms with Crippen molar-refractivity contribution < 1.29 is 13.9 Å². The average molecular weight is 441 g/mol. The number of hydrogen-bond donors (Lipinski definition) is 1. The number of anilines is 1. The Bertz CT molecular complexity index is 1030. The van der Waals surface area contributed by atoms with Gasteiger partial charge in [0.05, 0.1) is 19.5 Å². The van der Waals surface area contributed by atoms with Crippen LogP contribution in [0.4, 0.5) is 10.2 Å². The second-order valence-corrected chi connectivity index (χ2v) is 8.13. The average Bonchev–Trinajstić information content (AvgIpc) is 3.50. The van der Waals surface area contributed by atoms with Crippen molar-refractivity contribution in [2.45, 2.75) is 51.0 Å². The predicted molar refractivity (Wildman–Crippen MR) is 120 cm³/mol. The topological polar surface area (TPSA) is 84.6 Å². The lowest BCUT2D eigenvalue weighted by atomic mass is 9.95. The lowest BCUT2D eigenvalue weighted by Crippen LogP contribution is -2.36.